The molecule has 1 aromatic heterocycles. The summed E-state index contributed by atoms with van der Waals surface area (Å²) in [5.74, 6) is 2.16. The fourth-order valence-corrected chi connectivity index (χ4v) is 1.74. The molecule has 19 heavy (non-hydrogen) atoms. The van der Waals surface area contributed by atoms with Gasteiger partial charge in [-0.1, -0.05) is 0 Å². The molecule has 1 heterocycles. The highest BCUT2D eigenvalue weighted by Gasteiger charge is 2.10. The van der Waals surface area contributed by atoms with Gasteiger partial charge in [-0.2, -0.15) is 5.10 Å². The van der Waals surface area contributed by atoms with Crippen LogP contribution in [0.1, 0.15) is 11.6 Å². The normalized spacial score (nSPS) is 12.4. The molecule has 0 saturated carbocycles. The zero-order valence-corrected chi connectivity index (χ0v) is 11.1. The number of nitrogens with two attached hydrogens (primary N) is 1. The molecule has 6 nitrogen and oxygen atoms in total. The highest BCUT2D eigenvalue weighted by molar-refractivity contribution is 5.41. The summed E-state index contributed by atoms with van der Waals surface area (Å²) in [6.07, 6.45) is -0.641. The molecule has 0 amide bonds. The van der Waals surface area contributed by atoms with E-state index in [4.69, 9.17) is 10.5 Å². The van der Waals surface area contributed by atoms with Crippen LogP contribution in [0.2, 0.25) is 0 Å². The Morgan fingerprint density at radius 1 is 1.32 bits per heavy atom. The van der Waals surface area contributed by atoms with Crippen LogP contribution >= 0.6 is 0 Å². The fraction of sp³-hybridized carbons (Fsp3) is 0.385. The van der Waals surface area contributed by atoms with Gasteiger partial charge in [0.05, 0.1) is 6.54 Å². The third-order valence-corrected chi connectivity index (χ3v) is 2.67. The average molecular weight is 262 g/mol. The maximum atomic E-state index is 9.91. The summed E-state index contributed by atoms with van der Waals surface area (Å²) in [5, 5.41) is 14.1. The second kappa shape index (κ2) is 5.71. The van der Waals surface area contributed by atoms with E-state index in [2.05, 4.69) is 10.1 Å². The van der Waals surface area contributed by atoms with Crippen LogP contribution < -0.4 is 10.5 Å². The van der Waals surface area contributed by atoms with Crippen LogP contribution in [0.4, 0.5) is 5.69 Å². The summed E-state index contributed by atoms with van der Waals surface area (Å²) in [6.45, 7) is 4.23. The Labute approximate surface area is 111 Å². The number of nitrogen functional groups attached to an aromatic ring is 1. The minimum atomic E-state index is -0.641. The lowest BCUT2D eigenvalue weighted by Gasteiger charge is -2.13. The van der Waals surface area contributed by atoms with Gasteiger partial charge in [-0.25, -0.2) is 9.67 Å². The summed E-state index contributed by atoms with van der Waals surface area (Å²) < 4.78 is 7.15. The SMILES string of the molecule is Cc1nc(C)n(CC(O)COc2ccc(N)cc2)n1. The van der Waals surface area contributed by atoms with Crippen molar-refractivity contribution in [2.24, 2.45) is 0 Å². The number of ether oxygens (including phenoxy) is 1. The molecule has 0 aliphatic carbocycles. The quantitative estimate of drug-likeness (QED) is 0.782. The molecule has 3 N–H and O–H groups in total. The molecule has 1 unspecified atom stereocenters. The van der Waals surface area contributed by atoms with Gasteiger partial charge in [0.1, 0.15) is 30.1 Å². The van der Waals surface area contributed by atoms with Gasteiger partial charge in [0.25, 0.3) is 0 Å². The van der Waals surface area contributed by atoms with Gasteiger partial charge < -0.3 is 15.6 Å². The van der Waals surface area contributed by atoms with Gasteiger partial charge in [-0.05, 0) is 38.1 Å². The molecular weight excluding hydrogens is 244 g/mol. The van der Waals surface area contributed by atoms with Crippen LogP contribution in [0.5, 0.6) is 5.75 Å². The number of aliphatic hydroxyl groups excluding tert-OH is 1. The predicted molar refractivity (Wildman–Crippen MR) is 71.9 cm³/mol. The smallest absolute Gasteiger partial charge is 0.147 e. The van der Waals surface area contributed by atoms with E-state index in [0.717, 1.165) is 5.82 Å². The van der Waals surface area contributed by atoms with Gasteiger partial charge >= 0.3 is 0 Å². The third kappa shape index (κ3) is 3.69. The molecule has 0 aliphatic heterocycles. The van der Waals surface area contributed by atoms with E-state index in [9.17, 15) is 5.11 Å². The van der Waals surface area contributed by atoms with Crippen molar-refractivity contribution in [1.82, 2.24) is 14.8 Å². The van der Waals surface area contributed by atoms with Gasteiger partial charge in [0.15, 0.2) is 0 Å². The molecule has 6 heteroatoms. The Bertz CT molecular complexity index is 536. The molecule has 0 radical (unpaired) electrons. The number of benzene rings is 1. The van der Waals surface area contributed by atoms with E-state index in [1.807, 2.05) is 13.8 Å². The van der Waals surface area contributed by atoms with Crippen molar-refractivity contribution in [1.29, 1.82) is 0 Å². The number of aryl methyl sites for hydroxylation is 2. The number of aromatic nitrogens is 3. The van der Waals surface area contributed by atoms with Gasteiger partial charge in [-0.3, -0.25) is 0 Å². The van der Waals surface area contributed by atoms with Crippen molar-refractivity contribution in [2.75, 3.05) is 12.3 Å². The first-order valence-electron chi connectivity index (χ1n) is 6.09. The second-order valence-corrected chi connectivity index (χ2v) is 4.42. The van der Waals surface area contributed by atoms with Crippen LogP contribution in [0.3, 0.4) is 0 Å². The van der Waals surface area contributed by atoms with Crippen LogP contribution in [0.15, 0.2) is 24.3 Å². The first-order valence-corrected chi connectivity index (χ1v) is 6.09. The van der Waals surface area contributed by atoms with Gasteiger partial charge in [0, 0.05) is 5.69 Å². The first kappa shape index (κ1) is 13.4. The Kier molecular flexibility index (Phi) is 4.01. The van der Waals surface area contributed by atoms with Crippen molar-refractivity contribution in [3.63, 3.8) is 0 Å². The lowest BCUT2D eigenvalue weighted by molar-refractivity contribution is 0.0886. The van der Waals surface area contributed by atoms with Crippen molar-refractivity contribution >= 4 is 5.69 Å². The molecule has 2 rings (SSSR count). The van der Waals surface area contributed by atoms with Gasteiger partial charge in [0.2, 0.25) is 0 Å². The number of hydrogen-bond donors (Lipinski definition) is 2. The van der Waals surface area contributed by atoms with E-state index in [1.165, 1.54) is 0 Å². The minimum absolute atomic E-state index is 0.197. The van der Waals surface area contributed by atoms with Crippen molar-refractivity contribution in [3.05, 3.63) is 35.9 Å². The number of anilines is 1. The summed E-state index contributed by atoms with van der Waals surface area (Å²) in [5.41, 5.74) is 6.26. The Morgan fingerprint density at radius 2 is 2.00 bits per heavy atom. The Balaban J connectivity index is 1.86. The minimum Gasteiger partial charge on any atom is -0.491 e. The lowest BCUT2D eigenvalue weighted by Crippen LogP contribution is -2.24. The molecule has 0 spiro atoms. The standard InChI is InChI=1S/C13H18N4O2/c1-9-15-10(2)17(16-9)7-12(18)8-19-13-5-3-11(14)4-6-13/h3-6,12,18H,7-8,14H2,1-2H3. The summed E-state index contributed by atoms with van der Waals surface area (Å²) in [4.78, 5) is 4.18. The number of rotatable bonds is 5. The number of aliphatic hydroxyl groups is 1. The Morgan fingerprint density at radius 3 is 2.58 bits per heavy atom. The van der Waals surface area contributed by atoms with Gasteiger partial charge in [-0.15, -0.1) is 0 Å². The molecular formula is C13H18N4O2. The fourth-order valence-electron chi connectivity index (χ4n) is 1.74. The third-order valence-electron chi connectivity index (χ3n) is 2.67. The largest absolute Gasteiger partial charge is 0.491 e. The van der Waals surface area contributed by atoms with E-state index < -0.39 is 6.10 Å². The summed E-state index contributed by atoms with van der Waals surface area (Å²) >= 11 is 0. The summed E-state index contributed by atoms with van der Waals surface area (Å²) in [6, 6.07) is 7.05. The van der Waals surface area contributed by atoms with Crippen molar-refractivity contribution in [2.45, 2.75) is 26.5 Å². The molecule has 1 aromatic carbocycles. The molecule has 2 aromatic rings. The zero-order valence-electron chi connectivity index (χ0n) is 11.1. The van der Waals surface area contributed by atoms with Crippen molar-refractivity contribution < 1.29 is 9.84 Å². The maximum absolute atomic E-state index is 9.91. The first-order chi connectivity index (χ1) is 9.04. The number of hydrogen-bond acceptors (Lipinski definition) is 5. The topological polar surface area (TPSA) is 86.2 Å². The monoisotopic (exact) mass is 262 g/mol. The molecule has 102 valence electrons. The van der Waals surface area contributed by atoms with E-state index in [1.54, 1.807) is 28.9 Å². The zero-order chi connectivity index (χ0) is 13.8. The van der Waals surface area contributed by atoms with Crippen LogP contribution in [0, 0.1) is 13.8 Å². The Hall–Kier alpha value is -2.08. The second-order valence-electron chi connectivity index (χ2n) is 4.42. The van der Waals surface area contributed by atoms with Crippen molar-refractivity contribution in [3.8, 4) is 5.75 Å². The molecule has 0 saturated heterocycles. The lowest BCUT2D eigenvalue weighted by atomic mass is 10.3. The molecule has 1 atom stereocenters. The molecule has 0 fully saturated rings. The predicted octanol–water partition coefficient (Wildman–Crippen LogP) is 0.917. The van der Waals surface area contributed by atoms with E-state index in [0.29, 0.717) is 23.8 Å². The van der Waals surface area contributed by atoms with E-state index >= 15 is 0 Å². The number of nitrogens with zero attached hydrogens (tertiary/aromatic N) is 3. The van der Waals surface area contributed by atoms with Crippen LogP contribution in [-0.4, -0.2) is 32.6 Å². The van der Waals surface area contributed by atoms with Crippen LogP contribution in [0.25, 0.3) is 0 Å². The summed E-state index contributed by atoms with van der Waals surface area (Å²) in [7, 11) is 0. The molecule has 0 aliphatic rings. The van der Waals surface area contributed by atoms with Crippen LogP contribution in [-0.2, 0) is 6.54 Å². The average Bonchev–Trinajstić information content (AvgIpc) is 2.67. The maximum Gasteiger partial charge on any atom is 0.147 e. The molecule has 0 bridgehead atoms. The van der Waals surface area contributed by atoms with E-state index in [-0.39, 0.29) is 6.61 Å². The highest BCUT2D eigenvalue weighted by atomic mass is 16.5. The highest BCUT2D eigenvalue weighted by Crippen LogP contribution is 2.13.